The van der Waals surface area contributed by atoms with E-state index in [-0.39, 0.29) is 0 Å². The van der Waals surface area contributed by atoms with Gasteiger partial charge in [0, 0.05) is 15.7 Å². The lowest BCUT2D eigenvalue weighted by Crippen LogP contribution is -1.87. The van der Waals surface area contributed by atoms with E-state index in [2.05, 4.69) is 26.1 Å². The summed E-state index contributed by atoms with van der Waals surface area (Å²) in [4.78, 5) is 3.91. The molecule has 0 radical (unpaired) electrons. The number of nitrogens with two attached hydrogens (primary N) is 1. The smallest absolute Gasteiger partial charge is 0.257 e. The standard InChI is InChI=1S/C8H6BrN3O/c9-6-2-1-5(3-7(6)10)8-11-4-12-13-8/h1-4H,10H2. The van der Waals surface area contributed by atoms with Crippen LogP contribution in [0.2, 0.25) is 0 Å². The average molecular weight is 240 g/mol. The van der Waals surface area contributed by atoms with Gasteiger partial charge in [-0.3, -0.25) is 0 Å². The number of benzene rings is 1. The molecule has 0 aliphatic heterocycles. The van der Waals surface area contributed by atoms with Crippen molar-refractivity contribution in [3.05, 3.63) is 29.0 Å². The summed E-state index contributed by atoms with van der Waals surface area (Å²) in [6, 6.07) is 5.47. The fourth-order valence-corrected chi connectivity index (χ4v) is 1.22. The number of anilines is 1. The zero-order valence-corrected chi connectivity index (χ0v) is 8.15. The Kier molecular flexibility index (Phi) is 2.02. The first kappa shape index (κ1) is 8.25. The van der Waals surface area contributed by atoms with E-state index in [4.69, 9.17) is 10.3 Å². The van der Waals surface area contributed by atoms with Crippen molar-refractivity contribution in [2.75, 3.05) is 5.73 Å². The van der Waals surface area contributed by atoms with Crippen molar-refractivity contribution in [2.24, 2.45) is 0 Å². The molecule has 0 aliphatic carbocycles. The summed E-state index contributed by atoms with van der Waals surface area (Å²) in [5, 5.41) is 3.51. The topological polar surface area (TPSA) is 64.9 Å². The SMILES string of the molecule is Nc1cc(-c2ncno2)ccc1Br. The molecule has 2 rings (SSSR count). The molecule has 0 saturated heterocycles. The predicted molar refractivity (Wildman–Crippen MR) is 51.8 cm³/mol. The molecular formula is C8H6BrN3O. The minimum atomic E-state index is 0.471. The molecule has 2 aromatic rings. The Balaban J connectivity index is 2.49. The van der Waals surface area contributed by atoms with E-state index in [1.807, 2.05) is 12.1 Å². The zero-order valence-electron chi connectivity index (χ0n) is 6.57. The normalized spacial score (nSPS) is 10.2. The third-order valence-corrected chi connectivity index (χ3v) is 2.33. The predicted octanol–water partition coefficient (Wildman–Crippen LogP) is 2.08. The molecule has 1 aromatic carbocycles. The summed E-state index contributed by atoms with van der Waals surface area (Å²) in [5.41, 5.74) is 7.16. The molecular weight excluding hydrogens is 234 g/mol. The van der Waals surface area contributed by atoms with Gasteiger partial charge in [0.25, 0.3) is 5.89 Å². The van der Waals surface area contributed by atoms with Gasteiger partial charge in [0.05, 0.1) is 0 Å². The number of nitrogen functional groups attached to an aromatic ring is 1. The molecule has 0 fully saturated rings. The van der Waals surface area contributed by atoms with Gasteiger partial charge < -0.3 is 10.3 Å². The van der Waals surface area contributed by atoms with Crippen LogP contribution in [-0.2, 0) is 0 Å². The maximum absolute atomic E-state index is 5.69. The van der Waals surface area contributed by atoms with Gasteiger partial charge in [0.2, 0.25) is 0 Å². The van der Waals surface area contributed by atoms with E-state index >= 15 is 0 Å². The molecule has 0 saturated carbocycles. The van der Waals surface area contributed by atoms with Crippen molar-refractivity contribution < 1.29 is 4.52 Å². The molecule has 0 aliphatic rings. The largest absolute Gasteiger partial charge is 0.398 e. The monoisotopic (exact) mass is 239 g/mol. The van der Waals surface area contributed by atoms with E-state index in [1.54, 1.807) is 6.07 Å². The van der Waals surface area contributed by atoms with Crippen molar-refractivity contribution in [1.29, 1.82) is 0 Å². The van der Waals surface area contributed by atoms with E-state index in [9.17, 15) is 0 Å². The second-order valence-electron chi connectivity index (χ2n) is 2.48. The molecule has 2 N–H and O–H groups in total. The maximum Gasteiger partial charge on any atom is 0.257 e. The Labute approximate surface area is 82.9 Å². The highest BCUT2D eigenvalue weighted by atomic mass is 79.9. The van der Waals surface area contributed by atoms with Crippen LogP contribution >= 0.6 is 15.9 Å². The first-order chi connectivity index (χ1) is 6.27. The Morgan fingerprint density at radius 1 is 1.38 bits per heavy atom. The minimum Gasteiger partial charge on any atom is -0.398 e. The Morgan fingerprint density at radius 3 is 2.85 bits per heavy atom. The fraction of sp³-hybridized carbons (Fsp3) is 0. The first-order valence-corrected chi connectivity index (χ1v) is 4.39. The fourth-order valence-electron chi connectivity index (χ4n) is 0.977. The van der Waals surface area contributed by atoms with Crippen molar-refractivity contribution in [3.63, 3.8) is 0 Å². The molecule has 0 bridgehead atoms. The number of hydrogen-bond acceptors (Lipinski definition) is 4. The third-order valence-electron chi connectivity index (χ3n) is 1.60. The minimum absolute atomic E-state index is 0.471. The van der Waals surface area contributed by atoms with Crippen LogP contribution in [0.1, 0.15) is 0 Å². The lowest BCUT2D eigenvalue weighted by atomic mass is 10.2. The van der Waals surface area contributed by atoms with Crippen molar-refractivity contribution in [2.45, 2.75) is 0 Å². The summed E-state index contributed by atoms with van der Waals surface area (Å²) in [5.74, 6) is 0.471. The Bertz CT molecular complexity index is 413. The van der Waals surface area contributed by atoms with E-state index < -0.39 is 0 Å². The molecule has 5 heteroatoms. The third kappa shape index (κ3) is 1.55. The Morgan fingerprint density at radius 2 is 2.23 bits per heavy atom. The molecule has 66 valence electrons. The molecule has 0 spiro atoms. The molecule has 0 amide bonds. The van der Waals surface area contributed by atoms with Gasteiger partial charge >= 0.3 is 0 Å². The van der Waals surface area contributed by atoms with Crippen LogP contribution in [0.25, 0.3) is 11.5 Å². The van der Waals surface area contributed by atoms with E-state index in [0.29, 0.717) is 11.6 Å². The Hall–Kier alpha value is -1.36. The van der Waals surface area contributed by atoms with Gasteiger partial charge in [0.15, 0.2) is 6.33 Å². The van der Waals surface area contributed by atoms with Gasteiger partial charge in [-0.15, -0.1) is 0 Å². The number of aromatic nitrogens is 2. The molecule has 4 nitrogen and oxygen atoms in total. The summed E-state index contributed by atoms with van der Waals surface area (Å²) in [6.45, 7) is 0. The van der Waals surface area contributed by atoms with Crippen LogP contribution in [0.4, 0.5) is 5.69 Å². The maximum atomic E-state index is 5.69. The quantitative estimate of drug-likeness (QED) is 0.775. The summed E-state index contributed by atoms with van der Waals surface area (Å²) in [6.07, 6.45) is 1.35. The number of hydrogen-bond donors (Lipinski definition) is 1. The highest BCUT2D eigenvalue weighted by molar-refractivity contribution is 9.10. The lowest BCUT2D eigenvalue weighted by molar-refractivity contribution is 0.430. The van der Waals surface area contributed by atoms with Gasteiger partial charge in [0.1, 0.15) is 0 Å². The zero-order chi connectivity index (χ0) is 9.26. The molecule has 13 heavy (non-hydrogen) atoms. The van der Waals surface area contributed by atoms with Gasteiger partial charge in [-0.1, -0.05) is 5.16 Å². The summed E-state index contributed by atoms with van der Waals surface area (Å²) < 4.78 is 5.74. The van der Waals surface area contributed by atoms with Crippen LogP contribution in [-0.4, -0.2) is 10.1 Å². The van der Waals surface area contributed by atoms with E-state index in [1.165, 1.54) is 6.33 Å². The lowest BCUT2D eigenvalue weighted by Gasteiger charge is -1.98. The second kappa shape index (κ2) is 3.18. The summed E-state index contributed by atoms with van der Waals surface area (Å²) >= 11 is 3.30. The van der Waals surface area contributed by atoms with E-state index in [0.717, 1.165) is 10.0 Å². The van der Waals surface area contributed by atoms with Crippen LogP contribution in [0, 0.1) is 0 Å². The highest BCUT2D eigenvalue weighted by Crippen LogP contribution is 2.25. The van der Waals surface area contributed by atoms with Crippen LogP contribution in [0.5, 0.6) is 0 Å². The van der Waals surface area contributed by atoms with Gasteiger partial charge in [-0.2, -0.15) is 4.98 Å². The van der Waals surface area contributed by atoms with Crippen molar-refractivity contribution in [1.82, 2.24) is 10.1 Å². The number of rotatable bonds is 1. The number of nitrogens with zero attached hydrogens (tertiary/aromatic N) is 2. The van der Waals surface area contributed by atoms with Gasteiger partial charge in [-0.25, -0.2) is 0 Å². The highest BCUT2D eigenvalue weighted by Gasteiger charge is 2.04. The second-order valence-corrected chi connectivity index (χ2v) is 3.34. The van der Waals surface area contributed by atoms with Crippen molar-refractivity contribution in [3.8, 4) is 11.5 Å². The van der Waals surface area contributed by atoms with Gasteiger partial charge in [-0.05, 0) is 34.1 Å². The summed E-state index contributed by atoms with van der Waals surface area (Å²) in [7, 11) is 0. The van der Waals surface area contributed by atoms with Crippen molar-refractivity contribution >= 4 is 21.6 Å². The molecule has 1 aromatic heterocycles. The average Bonchev–Trinajstić information content (AvgIpc) is 2.62. The van der Waals surface area contributed by atoms with Crippen LogP contribution in [0.3, 0.4) is 0 Å². The molecule has 1 heterocycles. The first-order valence-electron chi connectivity index (χ1n) is 3.59. The number of halogens is 1. The van der Waals surface area contributed by atoms with Crippen LogP contribution < -0.4 is 5.73 Å². The van der Waals surface area contributed by atoms with Crippen LogP contribution in [0.15, 0.2) is 33.5 Å². The molecule has 0 unspecified atom stereocenters. The molecule has 0 atom stereocenters.